The summed E-state index contributed by atoms with van der Waals surface area (Å²) in [6, 6.07) is 0. The number of aromatic amines is 1. The van der Waals surface area contributed by atoms with Gasteiger partial charge in [-0.15, -0.1) is 11.3 Å². The monoisotopic (exact) mass is 276 g/mol. The van der Waals surface area contributed by atoms with E-state index in [0.29, 0.717) is 12.4 Å². The number of fused-ring (bicyclic) bond motifs is 1. The molecule has 0 saturated carbocycles. The van der Waals surface area contributed by atoms with E-state index in [1.54, 1.807) is 11.3 Å². The molecule has 2 heterocycles. The number of nitrogens with zero attached hydrogens (tertiary/aromatic N) is 2. The first-order valence-electron chi connectivity index (χ1n) is 6.45. The fourth-order valence-electron chi connectivity index (χ4n) is 2.44. The number of amides is 1. The Labute approximate surface area is 115 Å². The third-order valence-electron chi connectivity index (χ3n) is 3.53. The van der Waals surface area contributed by atoms with Crippen molar-refractivity contribution in [1.82, 2.24) is 20.5 Å². The maximum atomic E-state index is 12.2. The fourth-order valence-corrected chi connectivity index (χ4v) is 3.69. The van der Waals surface area contributed by atoms with Gasteiger partial charge in [0.05, 0.1) is 12.1 Å². The molecule has 0 radical (unpaired) electrons. The minimum atomic E-state index is -0.0107. The zero-order valence-electron chi connectivity index (χ0n) is 10.8. The number of hydrogen-bond acceptors (Lipinski definition) is 4. The Morgan fingerprint density at radius 2 is 2.53 bits per heavy atom. The highest BCUT2D eigenvalue weighted by atomic mass is 32.1. The number of H-pyrrole nitrogens is 1. The van der Waals surface area contributed by atoms with Crippen LogP contribution in [0.15, 0.2) is 11.7 Å². The van der Waals surface area contributed by atoms with Gasteiger partial charge in [-0.3, -0.25) is 9.89 Å². The molecule has 2 aromatic heterocycles. The van der Waals surface area contributed by atoms with Crippen LogP contribution in [-0.2, 0) is 19.4 Å². The van der Waals surface area contributed by atoms with E-state index in [0.717, 1.165) is 24.3 Å². The van der Waals surface area contributed by atoms with Crippen molar-refractivity contribution in [3.05, 3.63) is 33.5 Å². The number of carbonyl (C=O) groups is 1. The number of nitrogens with one attached hydrogen (secondary N) is 2. The van der Waals surface area contributed by atoms with Crippen molar-refractivity contribution < 1.29 is 4.79 Å². The summed E-state index contributed by atoms with van der Waals surface area (Å²) >= 11 is 1.71. The molecule has 5 nitrogen and oxygen atoms in total. The minimum Gasteiger partial charge on any atom is -0.345 e. The van der Waals surface area contributed by atoms with Crippen molar-refractivity contribution in [1.29, 1.82) is 0 Å². The third kappa shape index (κ3) is 2.53. The molecule has 0 unspecified atom stereocenters. The average molecular weight is 276 g/mol. The molecule has 1 amide bonds. The van der Waals surface area contributed by atoms with Gasteiger partial charge in [0, 0.05) is 10.3 Å². The molecule has 6 heteroatoms. The van der Waals surface area contributed by atoms with E-state index in [9.17, 15) is 4.79 Å². The molecular formula is C13H16N4OS. The maximum Gasteiger partial charge on any atom is 0.252 e. The molecule has 0 fully saturated rings. The van der Waals surface area contributed by atoms with E-state index in [2.05, 4.69) is 27.4 Å². The van der Waals surface area contributed by atoms with Crippen molar-refractivity contribution in [2.45, 2.75) is 32.7 Å². The lowest BCUT2D eigenvalue weighted by Crippen LogP contribution is -2.24. The van der Waals surface area contributed by atoms with Crippen LogP contribution in [-0.4, -0.2) is 21.1 Å². The summed E-state index contributed by atoms with van der Waals surface area (Å²) in [5.74, 6) is 1.39. The van der Waals surface area contributed by atoms with E-state index in [1.165, 1.54) is 23.2 Å². The zero-order chi connectivity index (χ0) is 13.2. The second kappa shape index (κ2) is 5.13. The summed E-state index contributed by atoms with van der Waals surface area (Å²) < 4.78 is 0. The molecule has 0 bridgehead atoms. The molecule has 3 rings (SSSR count). The first kappa shape index (κ1) is 12.3. The zero-order valence-corrected chi connectivity index (χ0v) is 11.6. The largest absolute Gasteiger partial charge is 0.345 e. The summed E-state index contributed by atoms with van der Waals surface area (Å²) in [4.78, 5) is 17.6. The predicted molar refractivity (Wildman–Crippen MR) is 73.1 cm³/mol. The van der Waals surface area contributed by atoms with Gasteiger partial charge in [0.25, 0.3) is 5.91 Å². The standard InChI is InChI=1S/C13H16N4OS/c1-8-2-3-9-10(6-19-11(9)4-8)13(18)14-5-12-15-7-16-17-12/h6-8H,2-5H2,1H3,(H,14,18)(H,15,16,17)/t8-/m1/s1. The van der Waals surface area contributed by atoms with Crippen LogP contribution < -0.4 is 5.32 Å². The molecule has 0 saturated heterocycles. The van der Waals surface area contributed by atoms with Crippen LogP contribution in [0.4, 0.5) is 0 Å². The van der Waals surface area contributed by atoms with Gasteiger partial charge in [0.1, 0.15) is 12.2 Å². The van der Waals surface area contributed by atoms with Crippen LogP contribution in [0.1, 0.15) is 40.0 Å². The average Bonchev–Trinajstić information content (AvgIpc) is 3.04. The van der Waals surface area contributed by atoms with Crippen LogP contribution in [0.2, 0.25) is 0 Å². The lowest BCUT2D eigenvalue weighted by atomic mass is 9.88. The smallest absolute Gasteiger partial charge is 0.252 e. The number of carbonyl (C=O) groups excluding carboxylic acids is 1. The molecule has 100 valence electrons. The summed E-state index contributed by atoms with van der Waals surface area (Å²) in [6.07, 6.45) is 4.74. The van der Waals surface area contributed by atoms with Crippen LogP contribution in [0.5, 0.6) is 0 Å². The van der Waals surface area contributed by atoms with Crippen LogP contribution >= 0.6 is 11.3 Å². The number of hydrogen-bond donors (Lipinski definition) is 2. The normalized spacial score (nSPS) is 18.1. The fraction of sp³-hybridized carbons (Fsp3) is 0.462. The van der Waals surface area contributed by atoms with Gasteiger partial charge in [-0.25, -0.2) is 4.98 Å². The highest BCUT2D eigenvalue weighted by molar-refractivity contribution is 7.10. The van der Waals surface area contributed by atoms with E-state index < -0.39 is 0 Å². The Hall–Kier alpha value is -1.69. The summed E-state index contributed by atoms with van der Waals surface area (Å²) in [6.45, 7) is 2.66. The summed E-state index contributed by atoms with van der Waals surface area (Å²) in [5.41, 5.74) is 2.09. The summed E-state index contributed by atoms with van der Waals surface area (Å²) in [5, 5.41) is 11.4. The van der Waals surface area contributed by atoms with E-state index in [-0.39, 0.29) is 5.91 Å². The predicted octanol–water partition coefficient (Wildman–Crippen LogP) is 1.92. The van der Waals surface area contributed by atoms with Crippen molar-refractivity contribution in [2.24, 2.45) is 5.92 Å². The Kier molecular flexibility index (Phi) is 3.33. The molecular weight excluding hydrogens is 260 g/mol. The number of thiophene rings is 1. The lowest BCUT2D eigenvalue weighted by Gasteiger charge is -2.18. The topological polar surface area (TPSA) is 70.7 Å². The molecule has 2 N–H and O–H groups in total. The van der Waals surface area contributed by atoms with Gasteiger partial charge in [-0.05, 0) is 30.7 Å². The molecule has 1 aliphatic rings. The van der Waals surface area contributed by atoms with Crippen molar-refractivity contribution >= 4 is 17.2 Å². The first-order chi connectivity index (χ1) is 9.24. The molecule has 19 heavy (non-hydrogen) atoms. The molecule has 1 aliphatic carbocycles. The SMILES string of the molecule is C[C@@H]1CCc2c(C(=O)NCc3ncn[nH]3)csc2C1. The number of rotatable bonds is 3. The molecule has 0 aromatic carbocycles. The molecule has 0 aliphatic heterocycles. The summed E-state index contributed by atoms with van der Waals surface area (Å²) in [7, 11) is 0. The minimum absolute atomic E-state index is 0.0107. The van der Waals surface area contributed by atoms with Crippen LogP contribution in [0.25, 0.3) is 0 Å². The van der Waals surface area contributed by atoms with Gasteiger partial charge in [0.2, 0.25) is 0 Å². The second-order valence-electron chi connectivity index (χ2n) is 5.01. The van der Waals surface area contributed by atoms with Gasteiger partial charge >= 0.3 is 0 Å². The first-order valence-corrected chi connectivity index (χ1v) is 7.33. The Balaban J connectivity index is 1.70. The molecule has 2 aromatic rings. The van der Waals surface area contributed by atoms with Gasteiger partial charge < -0.3 is 5.32 Å². The van der Waals surface area contributed by atoms with Crippen LogP contribution in [0, 0.1) is 5.92 Å². The van der Waals surface area contributed by atoms with Crippen molar-refractivity contribution in [3.8, 4) is 0 Å². The van der Waals surface area contributed by atoms with Crippen LogP contribution in [0.3, 0.4) is 0 Å². The lowest BCUT2D eigenvalue weighted by molar-refractivity contribution is 0.0949. The van der Waals surface area contributed by atoms with Gasteiger partial charge in [-0.1, -0.05) is 6.92 Å². The Bertz CT molecular complexity index is 575. The number of aromatic nitrogens is 3. The highest BCUT2D eigenvalue weighted by Gasteiger charge is 2.23. The van der Waals surface area contributed by atoms with Gasteiger partial charge in [-0.2, -0.15) is 5.10 Å². The third-order valence-corrected chi connectivity index (χ3v) is 4.58. The van der Waals surface area contributed by atoms with Crippen molar-refractivity contribution in [3.63, 3.8) is 0 Å². The van der Waals surface area contributed by atoms with E-state index in [1.807, 2.05) is 5.38 Å². The quantitative estimate of drug-likeness (QED) is 0.899. The Morgan fingerprint density at radius 1 is 1.63 bits per heavy atom. The van der Waals surface area contributed by atoms with E-state index >= 15 is 0 Å². The van der Waals surface area contributed by atoms with E-state index in [4.69, 9.17) is 0 Å². The second-order valence-corrected chi connectivity index (χ2v) is 5.98. The Morgan fingerprint density at radius 3 is 3.32 bits per heavy atom. The molecule has 1 atom stereocenters. The van der Waals surface area contributed by atoms with Gasteiger partial charge in [0.15, 0.2) is 0 Å². The van der Waals surface area contributed by atoms with Crippen molar-refractivity contribution in [2.75, 3.05) is 0 Å². The highest BCUT2D eigenvalue weighted by Crippen LogP contribution is 2.32. The maximum absolute atomic E-state index is 12.2. The molecule has 0 spiro atoms.